The predicted octanol–water partition coefficient (Wildman–Crippen LogP) is 3.99. The largest absolute Gasteiger partial charge is 0.383 e. The van der Waals surface area contributed by atoms with Gasteiger partial charge in [0.05, 0.1) is 11.3 Å². The molecule has 4 nitrogen and oxygen atoms in total. The van der Waals surface area contributed by atoms with Gasteiger partial charge in [0, 0.05) is 27.4 Å². The van der Waals surface area contributed by atoms with E-state index in [1.165, 1.54) is 0 Å². The molecule has 0 bridgehead atoms. The molecule has 3 rings (SSSR count). The van der Waals surface area contributed by atoms with Crippen molar-refractivity contribution in [3.05, 3.63) is 51.2 Å². The molecule has 2 heterocycles. The molecule has 0 atom stereocenters. The van der Waals surface area contributed by atoms with E-state index in [1.54, 1.807) is 10.9 Å². The Kier molecular flexibility index (Phi) is 3.86. The third kappa shape index (κ3) is 2.63. The molecule has 0 radical (unpaired) electrons. The summed E-state index contributed by atoms with van der Waals surface area (Å²) in [4.78, 5) is 4.39. The average molecular weight is 411 g/mol. The molecule has 0 aliphatic carbocycles. The highest BCUT2D eigenvalue weighted by Crippen LogP contribution is 2.37. The van der Waals surface area contributed by atoms with Gasteiger partial charge in [-0.1, -0.05) is 17.7 Å². The summed E-state index contributed by atoms with van der Waals surface area (Å²) in [5.41, 5.74) is 9.56. The molecule has 0 amide bonds. The number of anilines is 1. The van der Waals surface area contributed by atoms with E-state index in [0.29, 0.717) is 10.8 Å². The van der Waals surface area contributed by atoms with Gasteiger partial charge in [0.15, 0.2) is 0 Å². The Morgan fingerprint density at radius 2 is 2.05 bits per heavy atom. The number of nitrogen functional groups attached to an aromatic ring is 1. The number of benzene rings is 1. The third-order valence-electron chi connectivity index (χ3n) is 3.20. The third-order valence-corrected chi connectivity index (χ3v) is 4.37. The van der Waals surface area contributed by atoms with Crippen LogP contribution in [0.15, 0.2) is 42.6 Å². The molecule has 0 aliphatic heterocycles. The summed E-state index contributed by atoms with van der Waals surface area (Å²) < 4.78 is 2.73. The highest BCUT2D eigenvalue weighted by atomic mass is 127. The van der Waals surface area contributed by atoms with Crippen molar-refractivity contribution in [2.75, 3.05) is 5.73 Å². The zero-order valence-corrected chi connectivity index (χ0v) is 14.1. The van der Waals surface area contributed by atoms with Gasteiger partial charge < -0.3 is 5.73 Å². The smallest absolute Gasteiger partial charge is 0.131 e. The van der Waals surface area contributed by atoms with Gasteiger partial charge in [0.2, 0.25) is 0 Å². The Morgan fingerprint density at radius 1 is 1.24 bits per heavy atom. The van der Waals surface area contributed by atoms with Crippen molar-refractivity contribution in [3.63, 3.8) is 0 Å². The molecule has 6 heteroatoms. The van der Waals surface area contributed by atoms with E-state index >= 15 is 0 Å². The van der Waals surface area contributed by atoms with E-state index in [-0.39, 0.29) is 0 Å². The summed E-state index contributed by atoms with van der Waals surface area (Å²) in [7, 11) is 1.82. The van der Waals surface area contributed by atoms with Crippen LogP contribution in [0.1, 0.15) is 0 Å². The van der Waals surface area contributed by atoms with Crippen molar-refractivity contribution >= 4 is 40.0 Å². The van der Waals surface area contributed by atoms with Crippen LogP contribution in [0.4, 0.5) is 5.82 Å². The molecule has 2 N–H and O–H groups in total. The van der Waals surface area contributed by atoms with Crippen molar-refractivity contribution in [2.45, 2.75) is 0 Å². The van der Waals surface area contributed by atoms with Crippen LogP contribution in [0.2, 0.25) is 5.02 Å². The van der Waals surface area contributed by atoms with Crippen molar-refractivity contribution in [1.29, 1.82) is 0 Å². The number of aryl methyl sites for hydroxylation is 1. The minimum absolute atomic E-state index is 0.583. The number of hydrogen-bond donors (Lipinski definition) is 1. The lowest BCUT2D eigenvalue weighted by molar-refractivity contribution is 0.782. The number of pyridine rings is 1. The summed E-state index contributed by atoms with van der Waals surface area (Å²) in [6.07, 6.45) is 1.74. The van der Waals surface area contributed by atoms with Crippen LogP contribution in [-0.4, -0.2) is 14.8 Å². The first-order valence-corrected chi connectivity index (χ1v) is 7.73. The predicted molar refractivity (Wildman–Crippen MR) is 94.0 cm³/mol. The Labute approximate surface area is 141 Å². The maximum Gasteiger partial charge on any atom is 0.131 e. The van der Waals surface area contributed by atoms with Gasteiger partial charge in [0.25, 0.3) is 0 Å². The SMILES string of the molecule is Cn1nc(-c2cc(Cl)ccc2I)c(-c2ccccn2)c1N. The second-order valence-corrected chi connectivity index (χ2v) is 6.17. The number of nitrogens with zero attached hydrogens (tertiary/aromatic N) is 3. The fourth-order valence-electron chi connectivity index (χ4n) is 2.17. The van der Waals surface area contributed by atoms with Crippen LogP contribution in [0.25, 0.3) is 22.5 Å². The molecule has 0 saturated carbocycles. The van der Waals surface area contributed by atoms with E-state index in [0.717, 1.165) is 26.1 Å². The first-order valence-electron chi connectivity index (χ1n) is 6.27. The molecule has 0 saturated heterocycles. The van der Waals surface area contributed by atoms with Crippen LogP contribution < -0.4 is 5.73 Å². The Balaban J connectivity index is 2.29. The number of halogens is 2. The minimum Gasteiger partial charge on any atom is -0.383 e. The number of rotatable bonds is 2. The topological polar surface area (TPSA) is 56.7 Å². The Hall–Kier alpha value is -1.60. The van der Waals surface area contributed by atoms with Crippen LogP contribution in [0.3, 0.4) is 0 Å². The molecule has 3 aromatic rings. The van der Waals surface area contributed by atoms with Gasteiger partial charge in [-0.25, -0.2) is 0 Å². The highest BCUT2D eigenvalue weighted by molar-refractivity contribution is 14.1. The van der Waals surface area contributed by atoms with Gasteiger partial charge in [0.1, 0.15) is 11.5 Å². The second kappa shape index (κ2) is 5.65. The van der Waals surface area contributed by atoms with Gasteiger partial charge in [-0.05, 0) is 52.9 Å². The quantitative estimate of drug-likeness (QED) is 0.650. The van der Waals surface area contributed by atoms with Crippen molar-refractivity contribution in [2.24, 2.45) is 7.05 Å². The minimum atomic E-state index is 0.583. The van der Waals surface area contributed by atoms with E-state index in [1.807, 2.05) is 43.4 Å². The van der Waals surface area contributed by atoms with Crippen LogP contribution in [0, 0.1) is 3.57 Å². The molecule has 0 fully saturated rings. The number of aromatic nitrogens is 3. The maximum atomic E-state index is 6.19. The molecule has 0 unspecified atom stereocenters. The molecule has 106 valence electrons. The van der Waals surface area contributed by atoms with Crippen LogP contribution >= 0.6 is 34.2 Å². The average Bonchev–Trinajstić information content (AvgIpc) is 2.78. The number of nitrogens with two attached hydrogens (primary N) is 1. The van der Waals surface area contributed by atoms with Gasteiger partial charge in [-0.15, -0.1) is 0 Å². The molecular formula is C15H12ClIN4. The summed E-state index contributed by atoms with van der Waals surface area (Å²) in [6, 6.07) is 11.5. The zero-order valence-electron chi connectivity index (χ0n) is 11.2. The maximum absolute atomic E-state index is 6.19. The molecule has 2 aromatic heterocycles. The van der Waals surface area contributed by atoms with Crippen molar-refractivity contribution in [3.8, 4) is 22.5 Å². The monoisotopic (exact) mass is 410 g/mol. The summed E-state index contributed by atoms with van der Waals surface area (Å²) in [5, 5.41) is 5.22. The highest BCUT2D eigenvalue weighted by Gasteiger charge is 2.20. The summed E-state index contributed by atoms with van der Waals surface area (Å²) >= 11 is 8.40. The van der Waals surface area contributed by atoms with Gasteiger partial charge >= 0.3 is 0 Å². The fraction of sp³-hybridized carbons (Fsp3) is 0.0667. The van der Waals surface area contributed by atoms with E-state index < -0.39 is 0 Å². The molecule has 1 aromatic carbocycles. The number of hydrogen-bond acceptors (Lipinski definition) is 3. The van der Waals surface area contributed by atoms with Crippen molar-refractivity contribution < 1.29 is 0 Å². The Bertz CT molecular complexity index is 799. The van der Waals surface area contributed by atoms with Crippen molar-refractivity contribution in [1.82, 2.24) is 14.8 Å². The first-order chi connectivity index (χ1) is 10.1. The normalized spacial score (nSPS) is 10.8. The van der Waals surface area contributed by atoms with E-state index in [4.69, 9.17) is 17.3 Å². The molecule has 21 heavy (non-hydrogen) atoms. The lowest BCUT2D eigenvalue weighted by Crippen LogP contribution is -1.98. The summed E-state index contributed by atoms with van der Waals surface area (Å²) in [6.45, 7) is 0. The standard InChI is InChI=1S/C15H12ClIN4/c1-21-15(18)13(12-4-2-3-7-19-12)14(20-21)10-8-9(16)5-6-11(10)17/h2-8H,18H2,1H3. The lowest BCUT2D eigenvalue weighted by Gasteiger charge is -2.06. The first kappa shape index (κ1) is 14.3. The lowest BCUT2D eigenvalue weighted by atomic mass is 10.0. The van der Waals surface area contributed by atoms with Gasteiger partial charge in [-0.2, -0.15) is 5.10 Å². The second-order valence-electron chi connectivity index (χ2n) is 4.57. The zero-order chi connectivity index (χ0) is 15.0. The Morgan fingerprint density at radius 3 is 2.76 bits per heavy atom. The van der Waals surface area contributed by atoms with E-state index in [9.17, 15) is 0 Å². The van der Waals surface area contributed by atoms with E-state index in [2.05, 4.69) is 32.7 Å². The van der Waals surface area contributed by atoms with Gasteiger partial charge in [-0.3, -0.25) is 9.67 Å². The summed E-state index contributed by atoms with van der Waals surface area (Å²) in [5.74, 6) is 0.583. The molecular weight excluding hydrogens is 399 g/mol. The van der Waals surface area contributed by atoms with Crippen LogP contribution in [-0.2, 0) is 7.05 Å². The molecule has 0 spiro atoms. The fourth-order valence-corrected chi connectivity index (χ4v) is 2.93. The van der Waals surface area contributed by atoms with Crippen LogP contribution in [0.5, 0.6) is 0 Å². The molecule has 0 aliphatic rings.